The number of amides is 1. The Morgan fingerprint density at radius 1 is 0.846 bits per heavy atom. The molecule has 1 aliphatic rings. The van der Waals surface area contributed by atoms with E-state index in [0.717, 1.165) is 29.0 Å². The van der Waals surface area contributed by atoms with E-state index in [-0.39, 0.29) is 17.9 Å². The van der Waals surface area contributed by atoms with E-state index in [4.69, 9.17) is 9.47 Å². The summed E-state index contributed by atoms with van der Waals surface area (Å²) in [4.78, 5) is 17.0. The highest BCUT2D eigenvalue weighted by Gasteiger charge is 2.31. The van der Waals surface area contributed by atoms with Gasteiger partial charge in [-0.15, -0.1) is 0 Å². The van der Waals surface area contributed by atoms with Crippen LogP contribution in [0.15, 0.2) is 66.7 Å². The lowest BCUT2D eigenvalue weighted by Crippen LogP contribution is -2.48. The van der Waals surface area contributed by atoms with Gasteiger partial charge in [0.05, 0.1) is 12.2 Å². The zero-order chi connectivity index (χ0) is 28.2. The Bertz CT molecular complexity index is 1290. The predicted octanol–water partition coefficient (Wildman–Crippen LogP) is 6.94. The van der Waals surface area contributed by atoms with Gasteiger partial charge in [-0.05, 0) is 60.4 Å². The van der Waals surface area contributed by atoms with Crippen molar-refractivity contribution in [3.8, 4) is 11.5 Å². The average Bonchev–Trinajstić information content (AvgIpc) is 2.91. The average molecular weight is 541 g/mol. The van der Waals surface area contributed by atoms with Gasteiger partial charge in [-0.1, -0.05) is 45.0 Å². The number of halogens is 3. The molecule has 5 nitrogen and oxygen atoms in total. The minimum Gasteiger partial charge on any atom is -0.493 e. The molecule has 39 heavy (non-hydrogen) atoms. The third-order valence-electron chi connectivity index (χ3n) is 6.79. The van der Waals surface area contributed by atoms with Crippen LogP contribution in [-0.4, -0.2) is 43.6 Å². The van der Waals surface area contributed by atoms with Crippen molar-refractivity contribution in [1.29, 1.82) is 0 Å². The van der Waals surface area contributed by atoms with Crippen LogP contribution in [-0.2, 0) is 18.2 Å². The number of hydrogen-bond acceptors (Lipinski definition) is 4. The fraction of sp³-hybridized carbons (Fsp3) is 0.387. The third-order valence-corrected chi connectivity index (χ3v) is 6.79. The maximum absolute atomic E-state index is 13.4. The van der Waals surface area contributed by atoms with Gasteiger partial charge in [0.25, 0.3) is 5.91 Å². The Morgan fingerprint density at radius 2 is 1.56 bits per heavy atom. The smallest absolute Gasteiger partial charge is 0.416 e. The Balaban J connectivity index is 1.46. The van der Waals surface area contributed by atoms with E-state index < -0.39 is 11.7 Å². The molecule has 0 atom stereocenters. The first kappa shape index (κ1) is 28.3. The lowest BCUT2D eigenvalue weighted by Gasteiger charge is -2.36. The first-order valence-electron chi connectivity index (χ1n) is 13.2. The molecule has 1 fully saturated rings. The second-order valence-electron chi connectivity index (χ2n) is 10.6. The predicted molar refractivity (Wildman–Crippen MR) is 147 cm³/mol. The molecular weight excluding hydrogens is 505 g/mol. The van der Waals surface area contributed by atoms with Crippen LogP contribution in [0.1, 0.15) is 54.7 Å². The van der Waals surface area contributed by atoms with Crippen molar-refractivity contribution >= 4 is 11.6 Å². The van der Waals surface area contributed by atoms with Crippen LogP contribution in [0, 0.1) is 0 Å². The summed E-state index contributed by atoms with van der Waals surface area (Å²) in [7, 11) is 0. The Morgan fingerprint density at radius 3 is 2.23 bits per heavy atom. The third kappa shape index (κ3) is 6.85. The summed E-state index contributed by atoms with van der Waals surface area (Å²) in [5.74, 6) is 1.32. The van der Waals surface area contributed by atoms with E-state index in [0.29, 0.717) is 49.8 Å². The number of piperazine rings is 1. The van der Waals surface area contributed by atoms with Gasteiger partial charge in [0.1, 0.15) is 18.1 Å². The number of nitrogens with zero attached hydrogens (tertiary/aromatic N) is 2. The van der Waals surface area contributed by atoms with Crippen LogP contribution in [0.4, 0.5) is 18.9 Å². The molecule has 0 radical (unpaired) electrons. The molecule has 4 rings (SSSR count). The first-order chi connectivity index (χ1) is 18.5. The number of ether oxygens (including phenoxy) is 2. The molecule has 0 aromatic heterocycles. The zero-order valence-corrected chi connectivity index (χ0v) is 22.8. The molecule has 0 bridgehead atoms. The molecule has 0 saturated carbocycles. The van der Waals surface area contributed by atoms with E-state index in [9.17, 15) is 18.0 Å². The van der Waals surface area contributed by atoms with Gasteiger partial charge in [-0.3, -0.25) is 4.79 Å². The molecule has 0 N–H and O–H groups in total. The number of para-hydroxylation sites is 1. The minimum atomic E-state index is -4.39. The van der Waals surface area contributed by atoms with Crippen LogP contribution in [0.3, 0.4) is 0 Å². The maximum Gasteiger partial charge on any atom is 0.416 e. The summed E-state index contributed by atoms with van der Waals surface area (Å²) >= 11 is 0. The van der Waals surface area contributed by atoms with Crippen molar-refractivity contribution in [3.63, 3.8) is 0 Å². The Hall–Kier alpha value is -3.68. The van der Waals surface area contributed by atoms with Gasteiger partial charge in [0, 0.05) is 43.0 Å². The van der Waals surface area contributed by atoms with E-state index in [1.165, 1.54) is 6.07 Å². The highest BCUT2D eigenvalue weighted by atomic mass is 19.4. The van der Waals surface area contributed by atoms with Crippen molar-refractivity contribution < 1.29 is 27.4 Å². The number of rotatable bonds is 7. The second-order valence-corrected chi connectivity index (χ2v) is 10.6. The molecule has 0 unspecified atom stereocenters. The topological polar surface area (TPSA) is 42.0 Å². The molecule has 1 heterocycles. The molecule has 0 aliphatic carbocycles. The molecule has 1 saturated heterocycles. The summed E-state index contributed by atoms with van der Waals surface area (Å²) in [5.41, 5.74) is 2.13. The van der Waals surface area contributed by atoms with Crippen LogP contribution >= 0.6 is 0 Å². The number of alkyl halides is 3. The van der Waals surface area contributed by atoms with Gasteiger partial charge in [0.15, 0.2) is 0 Å². The monoisotopic (exact) mass is 540 g/mol. The maximum atomic E-state index is 13.4. The summed E-state index contributed by atoms with van der Waals surface area (Å²) in [6, 6.07) is 18.6. The summed E-state index contributed by atoms with van der Waals surface area (Å²) in [5, 5.41) is 0. The van der Waals surface area contributed by atoms with Gasteiger partial charge in [0.2, 0.25) is 0 Å². The van der Waals surface area contributed by atoms with E-state index in [1.54, 1.807) is 23.1 Å². The van der Waals surface area contributed by atoms with Crippen molar-refractivity contribution in [2.75, 3.05) is 37.7 Å². The molecule has 1 aliphatic heterocycles. The highest BCUT2D eigenvalue weighted by Crippen LogP contribution is 2.33. The number of anilines is 1. The molecule has 3 aromatic rings. The fourth-order valence-electron chi connectivity index (χ4n) is 4.72. The molecular formula is C31H35F3N2O3. The lowest BCUT2D eigenvalue weighted by atomic mass is 9.86. The van der Waals surface area contributed by atoms with Crippen molar-refractivity contribution in [2.45, 2.75) is 45.9 Å². The SMILES string of the molecule is CCOc1ccc(C(=O)N2CCN(c3cccc(C(F)(F)F)c3)CC2)cc1COc1ccccc1C(C)(C)C. The van der Waals surface area contributed by atoms with Gasteiger partial charge >= 0.3 is 6.18 Å². The minimum absolute atomic E-state index is 0.0899. The van der Waals surface area contributed by atoms with Gasteiger partial charge < -0.3 is 19.3 Å². The largest absolute Gasteiger partial charge is 0.493 e. The van der Waals surface area contributed by atoms with Crippen molar-refractivity contribution in [3.05, 3.63) is 89.0 Å². The first-order valence-corrected chi connectivity index (χ1v) is 13.2. The van der Waals surface area contributed by atoms with Gasteiger partial charge in [-0.2, -0.15) is 13.2 Å². The number of carbonyl (C=O) groups excluding carboxylic acids is 1. The zero-order valence-electron chi connectivity index (χ0n) is 22.8. The quantitative estimate of drug-likeness (QED) is 0.326. The van der Waals surface area contributed by atoms with E-state index in [1.807, 2.05) is 36.1 Å². The number of carbonyl (C=O) groups is 1. The Kier molecular flexibility index (Phi) is 8.42. The van der Waals surface area contributed by atoms with Gasteiger partial charge in [-0.25, -0.2) is 0 Å². The molecule has 1 amide bonds. The molecule has 208 valence electrons. The standard InChI is InChI=1S/C31H35F3N2O3/c1-5-38-27-14-13-22(19-23(27)21-39-28-12-7-6-11-26(28)30(2,3)4)29(37)36-17-15-35(16-18-36)25-10-8-9-24(20-25)31(32,33)34/h6-14,19-20H,5,15-18,21H2,1-4H3. The van der Waals surface area contributed by atoms with Crippen LogP contribution < -0.4 is 14.4 Å². The van der Waals surface area contributed by atoms with Crippen LogP contribution in [0.5, 0.6) is 11.5 Å². The normalized spacial score (nSPS) is 14.3. The highest BCUT2D eigenvalue weighted by molar-refractivity contribution is 5.94. The van der Waals surface area contributed by atoms with E-state index >= 15 is 0 Å². The summed E-state index contributed by atoms with van der Waals surface area (Å²) < 4.78 is 51.4. The molecule has 3 aromatic carbocycles. The summed E-state index contributed by atoms with van der Waals surface area (Å²) in [6.45, 7) is 10.7. The Labute approximate surface area is 228 Å². The van der Waals surface area contributed by atoms with Crippen molar-refractivity contribution in [2.24, 2.45) is 0 Å². The summed E-state index contributed by atoms with van der Waals surface area (Å²) in [6.07, 6.45) is -4.39. The van der Waals surface area contributed by atoms with E-state index in [2.05, 4.69) is 26.8 Å². The number of hydrogen-bond donors (Lipinski definition) is 0. The molecule has 8 heteroatoms. The molecule has 0 spiro atoms. The number of benzene rings is 3. The van der Waals surface area contributed by atoms with Crippen molar-refractivity contribution in [1.82, 2.24) is 4.90 Å². The fourth-order valence-corrected chi connectivity index (χ4v) is 4.72. The lowest BCUT2D eigenvalue weighted by molar-refractivity contribution is -0.137. The second kappa shape index (κ2) is 11.6. The van der Waals surface area contributed by atoms with Crippen LogP contribution in [0.2, 0.25) is 0 Å². The van der Waals surface area contributed by atoms with Crippen LogP contribution in [0.25, 0.3) is 0 Å².